The van der Waals surface area contributed by atoms with Gasteiger partial charge in [-0.15, -0.1) is 0 Å². The Morgan fingerprint density at radius 2 is 1.89 bits per heavy atom. The predicted octanol–water partition coefficient (Wildman–Crippen LogP) is 4.65. The Bertz CT molecular complexity index is 1000. The standard InChI is InChI=1S/C20H20Cl2N4O2/c21-12-4-3-5-13(22)18(12)26-20-24-14-9-8-11(10-16(14)25-20)19(28)23-15-6-1-2-7-17(15)27/h3-5,8-10,15,17,27H,1-2,6-7H2,(H,23,28)(H2,24,25,26). The van der Waals surface area contributed by atoms with Crippen LogP contribution in [-0.2, 0) is 0 Å². The highest BCUT2D eigenvalue weighted by atomic mass is 35.5. The van der Waals surface area contributed by atoms with Crippen LogP contribution in [0.1, 0.15) is 36.0 Å². The number of nitrogens with one attached hydrogen (secondary N) is 3. The van der Waals surface area contributed by atoms with Crippen molar-refractivity contribution in [3.8, 4) is 0 Å². The average molecular weight is 419 g/mol. The number of amides is 1. The van der Waals surface area contributed by atoms with Crippen molar-refractivity contribution >= 4 is 51.8 Å². The lowest BCUT2D eigenvalue weighted by molar-refractivity contribution is 0.0717. The number of rotatable bonds is 4. The van der Waals surface area contributed by atoms with Crippen molar-refractivity contribution in [2.45, 2.75) is 37.8 Å². The molecule has 6 nitrogen and oxygen atoms in total. The molecule has 1 aliphatic carbocycles. The van der Waals surface area contributed by atoms with Crippen molar-refractivity contribution in [1.29, 1.82) is 0 Å². The average Bonchev–Trinajstić information content (AvgIpc) is 3.08. The largest absolute Gasteiger partial charge is 0.391 e. The Balaban J connectivity index is 1.54. The van der Waals surface area contributed by atoms with Crippen molar-refractivity contribution < 1.29 is 9.90 Å². The van der Waals surface area contributed by atoms with E-state index >= 15 is 0 Å². The maximum atomic E-state index is 12.6. The molecule has 3 aromatic rings. The van der Waals surface area contributed by atoms with Crippen LogP contribution in [0.5, 0.6) is 0 Å². The Morgan fingerprint density at radius 3 is 2.64 bits per heavy atom. The van der Waals surface area contributed by atoms with Gasteiger partial charge in [0.05, 0.1) is 38.9 Å². The minimum Gasteiger partial charge on any atom is -0.391 e. The van der Waals surface area contributed by atoms with Gasteiger partial charge in [0.25, 0.3) is 5.91 Å². The summed E-state index contributed by atoms with van der Waals surface area (Å²) in [5.41, 5.74) is 2.49. The SMILES string of the molecule is O=C(NC1CCCCC1O)c1ccc2nc(Nc3c(Cl)cccc3Cl)[nH]c2c1. The van der Waals surface area contributed by atoms with Crippen LogP contribution in [0.4, 0.5) is 11.6 Å². The molecule has 1 aromatic heterocycles. The van der Waals surface area contributed by atoms with Crippen molar-refractivity contribution in [3.63, 3.8) is 0 Å². The van der Waals surface area contributed by atoms with Crippen LogP contribution in [0.2, 0.25) is 10.0 Å². The number of carbonyl (C=O) groups is 1. The second kappa shape index (κ2) is 7.99. The second-order valence-corrected chi connectivity index (χ2v) is 7.79. The highest BCUT2D eigenvalue weighted by Crippen LogP contribution is 2.32. The summed E-state index contributed by atoms with van der Waals surface area (Å²) in [6.07, 6.45) is 3.06. The van der Waals surface area contributed by atoms with Crippen molar-refractivity contribution in [3.05, 3.63) is 52.0 Å². The number of nitrogens with zero attached hydrogens (tertiary/aromatic N) is 1. The molecule has 2 aromatic carbocycles. The number of aliphatic hydroxyl groups is 1. The molecule has 0 aliphatic heterocycles. The number of H-pyrrole nitrogens is 1. The molecular weight excluding hydrogens is 399 g/mol. The first-order valence-electron chi connectivity index (χ1n) is 9.21. The van der Waals surface area contributed by atoms with E-state index in [4.69, 9.17) is 23.2 Å². The summed E-state index contributed by atoms with van der Waals surface area (Å²) in [6.45, 7) is 0. The zero-order valence-electron chi connectivity index (χ0n) is 15.0. The molecule has 1 fully saturated rings. The molecule has 2 atom stereocenters. The van der Waals surface area contributed by atoms with E-state index in [9.17, 15) is 9.90 Å². The van der Waals surface area contributed by atoms with Crippen LogP contribution in [0.15, 0.2) is 36.4 Å². The van der Waals surface area contributed by atoms with Gasteiger partial charge in [-0.2, -0.15) is 0 Å². The highest BCUT2D eigenvalue weighted by molar-refractivity contribution is 6.39. The second-order valence-electron chi connectivity index (χ2n) is 6.97. The fourth-order valence-electron chi connectivity index (χ4n) is 3.48. The van der Waals surface area contributed by atoms with Crippen LogP contribution in [0.25, 0.3) is 11.0 Å². The first-order chi connectivity index (χ1) is 13.5. The zero-order chi connectivity index (χ0) is 19.7. The summed E-state index contributed by atoms with van der Waals surface area (Å²) in [6, 6.07) is 10.3. The number of imidazole rings is 1. The monoisotopic (exact) mass is 418 g/mol. The Morgan fingerprint density at radius 1 is 1.14 bits per heavy atom. The number of hydrogen-bond acceptors (Lipinski definition) is 4. The van der Waals surface area contributed by atoms with Crippen molar-refractivity contribution in [2.24, 2.45) is 0 Å². The van der Waals surface area contributed by atoms with E-state index in [1.54, 1.807) is 36.4 Å². The number of aromatic nitrogens is 2. The Labute approximate surface area is 172 Å². The van der Waals surface area contributed by atoms with Crippen LogP contribution in [0.3, 0.4) is 0 Å². The van der Waals surface area contributed by atoms with E-state index in [0.29, 0.717) is 38.3 Å². The minimum absolute atomic E-state index is 0.196. The topological polar surface area (TPSA) is 90.0 Å². The molecule has 4 N–H and O–H groups in total. The molecule has 1 heterocycles. The molecule has 0 bridgehead atoms. The number of fused-ring (bicyclic) bond motifs is 1. The Hall–Kier alpha value is -2.28. The highest BCUT2D eigenvalue weighted by Gasteiger charge is 2.25. The number of aliphatic hydroxyl groups excluding tert-OH is 1. The Kier molecular flexibility index (Phi) is 5.44. The van der Waals surface area contributed by atoms with Gasteiger partial charge in [0, 0.05) is 5.56 Å². The van der Waals surface area contributed by atoms with Crippen molar-refractivity contribution in [2.75, 3.05) is 5.32 Å². The third-order valence-electron chi connectivity index (χ3n) is 5.00. The van der Waals surface area contributed by atoms with Crippen LogP contribution in [-0.4, -0.2) is 33.1 Å². The fourth-order valence-corrected chi connectivity index (χ4v) is 3.97. The van der Waals surface area contributed by atoms with Gasteiger partial charge in [0.15, 0.2) is 0 Å². The molecule has 0 radical (unpaired) electrons. The molecular formula is C20H20Cl2N4O2. The summed E-state index contributed by atoms with van der Waals surface area (Å²) in [7, 11) is 0. The van der Waals surface area contributed by atoms with Crippen molar-refractivity contribution in [1.82, 2.24) is 15.3 Å². The van der Waals surface area contributed by atoms with E-state index < -0.39 is 6.10 Å². The number of benzene rings is 2. The van der Waals surface area contributed by atoms with Gasteiger partial charge in [0.1, 0.15) is 0 Å². The normalized spacial score (nSPS) is 19.5. The number of anilines is 2. The van der Waals surface area contributed by atoms with E-state index in [-0.39, 0.29) is 11.9 Å². The maximum absolute atomic E-state index is 12.6. The quantitative estimate of drug-likeness (QED) is 0.496. The number of para-hydroxylation sites is 1. The zero-order valence-corrected chi connectivity index (χ0v) is 16.5. The summed E-state index contributed by atoms with van der Waals surface area (Å²) in [4.78, 5) is 20.2. The first-order valence-corrected chi connectivity index (χ1v) is 9.96. The molecule has 1 amide bonds. The van der Waals surface area contributed by atoms with Gasteiger partial charge in [-0.25, -0.2) is 4.98 Å². The smallest absolute Gasteiger partial charge is 0.251 e. The molecule has 1 saturated carbocycles. The maximum Gasteiger partial charge on any atom is 0.251 e. The number of carbonyl (C=O) groups excluding carboxylic acids is 1. The van der Waals surface area contributed by atoms with Gasteiger partial charge < -0.3 is 20.7 Å². The molecule has 2 unspecified atom stereocenters. The van der Waals surface area contributed by atoms with E-state index in [1.165, 1.54) is 0 Å². The van der Waals surface area contributed by atoms with Gasteiger partial charge in [-0.3, -0.25) is 4.79 Å². The lowest BCUT2D eigenvalue weighted by Crippen LogP contribution is -2.45. The van der Waals surface area contributed by atoms with Gasteiger partial charge >= 0.3 is 0 Å². The summed E-state index contributed by atoms with van der Waals surface area (Å²) in [5.74, 6) is 0.274. The summed E-state index contributed by atoms with van der Waals surface area (Å²) >= 11 is 12.4. The van der Waals surface area contributed by atoms with E-state index in [1.807, 2.05) is 0 Å². The van der Waals surface area contributed by atoms with Gasteiger partial charge in [0.2, 0.25) is 5.95 Å². The third-order valence-corrected chi connectivity index (χ3v) is 5.63. The lowest BCUT2D eigenvalue weighted by Gasteiger charge is -2.28. The molecule has 0 saturated heterocycles. The number of halogens is 2. The number of hydrogen-bond donors (Lipinski definition) is 4. The van der Waals surface area contributed by atoms with E-state index in [0.717, 1.165) is 25.7 Å². The van der Waals surface area contributed by atoms with Crippen LogP contribution in [0, 0.1) is 0 Å². The van der Waals surface area contributed by atoms with Crippen LogP contribution >= 0.6 is 23.2 Å². The third kappa shape index (κ3) is 3.94. The lowest BCUT2D eigenvalue weighted by atomic mass is 9.92. The molecule has 0 spiro atoms. The molecule has 8 heteroatoms. The molecule has 28 heavy (non-hydrogen) atoms. The number of aromatic amines is 1. The summed E-state index contributed by atoms with van der Waals surface area (Å²) in [5, 5.41) is 17.1. The molecule has 146 valence electrons. The summed E-state index contributed by atoms with van der Waals surface area (Å²) < 4.78 is 0. The predicted molar refractivity (Wildman–Crippen MR) is 112 cm³/mol. The van der Waals surface area contributed by atoms with Gasteiger partial charge in [-0.1, -0.05) is 42.1 Å². The van der Waals surface area contributed by atoms with E-state index in [2.05, 4.69) is 20.6 Å². The van der Waals surface area contributed by atoms with Crippen LogP contribution < -0.4 is 10.6 Å². The minimum atomic E-state index is -0.482. The van der Waals surface area contributed by atoms with Gasteiger partial charge in [-0.05, 0) is 43.2 Å². The fraction of sp³-hybridized carbons (Fsp3) is 0.300. The first kappa shape index (κ1) is 19.1. The molecule has 1 aliphatic rings. The molecule has 4 rings (SSSR count).